The number of fused-ring (bicyclic) bond motifs is 4. The summed E-state index contributed by atoms with van der Waals surface area (Å²) < 4.78 is 0. The Kier molecular flexibility index (Phi) is 9.85. The summed E-state index contributed by atoms with van der Waals surface area (Å²) in [7, 11) is 0. The summed E-state index contributed by atoms with van der Waals surface area (Å²) in [5.41, 5.74) is 19.3. The van der Waals surface area contributed by atoms with Crippen LogP contribution >= 0.6 is 0 Å². The molecular formula is C66H40N4. The lowest BCUT2D eigenvalue weighted by Gasteiger charge is -2.14. The van der Waals surface area contributed by atoms with E-state index in [0.717, 1.165) is 61.2 Å². The predicted molar refractivity (Wildman–Crippen MR) is 287 cm³/mol. The first kappa shape index (κ1) is 40.7. The zero-order chi connectivity index (χ0) is 46.5. The number of aromatic nitrogens is 3. The van der Waals surface area contributed by atoms with E-state index in [-0.39, 0.29) is 0 Å². The molecule has 0 atom stereocenters. The van der Waals surface area contributed by atoms with Gasteiger partial charge in [0.25, 0.3) is 0 Å². The number of nitrogens with zero attached hydrogens (tertiary/aromatic N) is 4. The summed E-state index contributed by atoms with van der Waals surface area (Å²) in [4.78, 5) is 15.3. The minimum absolute atomic E-state index is 0.564. The van der Waals surface area contributed by atoms with Gasteiger partial charge >= 0.3 is 0 Å². The third kappa shape index (κ3) is 7.31. The van der Waals surface area contributed by atoms with Gasteiger partial charge in [0.15, 0.2) is 17.5 Å². The highest BCUT2D eigenvalue weighted by atomic mass is 15.0. The van der Waals surface area contributed by atoms with Gasteiger partial charge in [0.1, 0.15) is 0 Å². The Morgan fingerprint density at radius 3 is 1.41 bits per heavy atom. The summed E-state index contributed by atoms with van der Waals surface area (Å²) in [6, 6.07) is 87.7. The molecule has 0 saturated carbocycles. The number of nitriles is 1. The number of rotatable bonds is 8. The van der Waals surface area contributed by atoms with Crippen LogP contribution in [0.3, 0.4) is 0 Å². The molecule has 12 aromatic rings. The number of benzene rings is 11. The van der Waals surface area contributed by atoms with Crippen LogP contribution in [0, 0.1) is 11.3 Å². The molecule has 0 amide bonds. The van der Waals surface area contributed by atoms with Crippen molar-refractivity contribution < 1.29 is 0 Å². The molecule has 0 radical (unpaired) electrons. The van der Waals surface area contributed by atoms with Crippen molar-refractivity contribution >= 4 is 21.5 Å². The molecule has 324 valence electrons. The second-order valence-corrected chi connectivity index (χ2v) is 17.9. The molecule has 4 heteroatoms. The lowest BCUT2D eigenvalue weighted by Crippen LogP contribution is -2.00. The zero-order valence-electron chi connectivity index (χ0n) is 37.9. The first-order valence-electron chi connectivity index (χ1n) is 23.5. The van der Waals surface area contributed by atoms with E-state index in [1.165, 1.54) is 54.9 Å². The molecule has 0 unspecified atom stereocenters. The molecule has 0 saturated heterocycles. The molecule has 1 aliphatic carbocycles. The quantitative estimate of drug-likeness (QED) is 0.152. The van der Waals surface area contributed by atoms with Crippen LogP contribution in [0.4, 0.5) is 0 Å². The van der Waals surface area contributed by atoms with E-state index in [0.29, 0.717) is 23.0 Å². The maximum absolute atomic E-state index is 10.1. The summed E-state index contributed by atoms with van der Waals surface area (Å²) >= 11 is 0. The van der Waals surface area contributed by atoms with Crippen LogP contribution in [-0.4, -0.2) is 15.0 Å². The first-order valence-corrected chi connectivity index (χ1v) is 23.5. The van der Waals surface area contributed by atoms with Crippen molar-refractivity contribution in [3.63, 3.8) is 0 Å². The fourth-order valence-electron chi connectivity index (χ4n) is 10.2. The number of hydrogen-bond acceptors (Lipinski definition) is 4. The summed E-state index contributed by atoms with van der Waals surface area (Å²) in [5.74, 6) is 1.75. The van der Waals surface area contributed by atoms with Gasteiger partial charge in [0, 0.05) is 16.7 Å². The molecule has 1 aromatic heterocycles. The third-order valence-electron chi connectivity index (χ3n) is 13.7. The highest BCUT2D eigenvalue weighted by Gasteiger charge is 2.22. The Balaban J connectivity index is 0.818. The minimum Gasteiger partial charge on any atom is -0.208 e. The average Bonchev–Trinajstić information content (AvgIpc) is 3.77. The predicted octanol–water partition coefficient (Wildman–Crippen LogP) is 17.0. The van der Waals surface area contributed by atoms with E-state index in [4.69, 9.17) is 15.0 Å². The molecule has 0 N–H and O–H groups in total. The van der Waals surface area contributed by atoms with E-state index in [2.05, 4.69) is 194 Å². The second kappa shape index (κ2) is 16.9. The van der Waals surface area contributed by atoms with Crippen molar-refractivity contribution in [2.75, 3.05) is 0 Å². The molecule has 70 heavy (non-hydrogen) atoms. The van der Waals surface area contributed by atoms with Gasteiger partial charge in [-0.2, -0.15) is 5.26 Å². The second-order valence-electron chi connectivity index (χ2n) is 17.9. The van der Waals surface area contributed by atoms with Crippen molar-refractivity contribution in [3.8, 4) is 118 Å². The summed E-state index contributed by atoms with van der Waals surface area (Å²) in [6.45, 7) is 0. The standard InChI is InChI=1S/C66H40N4/c67-41-42-22-34-57(47-30-27-45(28-31-47)44-23-25-46(26-24-44)53-33-35-58-59-20-8-14-48-15-9-21-60(63(48)59)62(58)40-53)61(36-42)54-17-7-19-56(39-54)66-69-64(49-11-2-1-3-12-49)68-65(70-66)55-18-6-16-51(38-55)52-32-29-43-10-4-5-13-50(43)37-52/h1-40H. The van der Waals surface area contributed by atoms with Gasteiger partial charge in [-0.05, 0) is 136 Å². The van der Waals surface area contributed by atoms with Crippen molar-refractivity contribution in [2.45, 2.75) is 0 Å². The summed E-state index contributed by atoms with van der Waals surface area (Å²) in [5, 5.41) is 15.1. The van der Waals surface area contributed by atoms with Gasteiger partial charge in [0.2, 0.25) is 0 Å². The van der Waals surface area contributed by atoms with Gasteiger partial charge in [0.05, 0.1) is 11.6 Å². The van der Waals surface area contributed by atoms with Crippen LogP contribution in [0.5, 0.6) is 0 Å². The molecule has 1 heterocycles. The Morgan fingerprint density at radius 1 is 0.243 bits per heavy atom. The van der Waals surface area contributed by atoms with Gasteiger partial charge < -0.3 is 0 Å². The van der Waals surface area contributed by atoms with Gasteiger partial charge in [-0.25, -0.2) is 15.0 Å². The van der Waals surface area contributed by atoms with Crippen LogP contribution in [0.2, 0.25) is 0 Å². The largest absolute Gasteiger partial charge is 0.208 e. The maximum Gasteiger partial charge on any atom is 0.164 e. The van der Waals surface area contributed by atoms with E-state index in [1.54, 1.807) is 0 Å². The topological polar surface area (TPSA) is 62.5 Å². The van der Waals surface area contributed by atoms with Crippen LogP contribution in [0.25, 0.3) is 134 Å². The van der Waals surface area contributed by atoms with E-state index < -0.39 is 0 Å². The number of hydrogen-bond donors (Lipinski definition) is 0. The minimum atomic E-state index is 0.564. The molecule has 0 fully saturated rings. The van der Waals surface area contributed by atoms with Gasteiger partial charge in [-0.15, -0.1) is 0 Å². The van der Waals surface area contributed by atoms with E-state index >= 15 is 0 Å². The van der Waals surface area contributed by atoms with Gasteiger partial charge in [-0.3, -0.25) is 0 Å². The Labute approximate surface area is 406 Å². The smallest absolute Gasteiger partial charge is 0.164 e. The van der Waals surface area contributed by atoms with Crippen LogP contribution < -0.4 is 0 Å². The zero-order valence-corrected chi connectivity index (χ0v) is 37.9. The summed E-state index contributed by atoms with van der Waals surface area (Å²) in [6.07, 6.45) is 0. The average molecular weight is 889 g/mol. The third-order valence-corrected chi connectivity index (χ3v) is 13.7. The van der Waals surface area contributed by atoms with Crippen LogP contribution in [0.15, 0.2) is 243 Å². The van der Waals surface area contributed by atoms with E-state index in [1.807, 2.05) is 54.6 Å². The highest BCUT2D eigenvalue weighted by molar-refractivity contribution is 6.15. The van der Waals surface area contributed by atoms with E-state index in [9.17, 15) is 5.26 Å². The SMILES string of the molecule is N#Cc1ccc(-c2ccc(-c3ccc(-c4ccc5c(c4)-c4cccc6cccc-5c46)cc3)cc2)c(-c2cccc(-c3nc(-c4ccccc4)nc(-c4cccc(-c5ccc6ccccc6c5)c4)n3)c2)c1. The fraction of sp³-hybridized carbons (Fsp3) is 0. The van der Waals surface area contributed by atoms with Crippen LogP contribution in [0.1, 0.15) is 5.56 Å². The monoisotopic (exact) mass is 888 g/mol. The molecular weight excluding hydrogens is 849 g/mol. The van der Waals surface area contributed by atoms with Crippen molar-refractivity contribution in [2.24, 2.45) is 0 Å². The fourth-order valence-corrected chi connectivity index (χ4v) is 10.2. The van der Waals surface area contributed by atoms with Gasteiger partial charge in [-0.1, -0.05) is 206 Å². The lowest BCUT2D eigenvalue weighted by atomic mass is 9.91. The molecule has 11 aromatic carbocycles. The molecule has 4 nitrogen and oxygen atoms in total. The van der Waals surface area contributed by atoms with Crippen molar-refractivity contribution in [1.82, 2.24) is 15.0 Å². The maximum atomic E-state index is 10.1. The Morgan fingerprint density at radius 2 is 0.714 bits per heavy atom. The molecule has 1 aliphatic rings. The van der Waals surface area contributed by atoms with Crippen molar-refractivity contribution in [3.05, 3.63) is 248 Å². The molecule has 0 bridgehead atoms. The normalized spacial score (nSPS) is 11.4. The molecule has 13 rings (SSSR count). The Bertz CT molecular complexity index is 4050. The Hall–Kier alpha value is -9.56. The highest BCUT2D eigenvalue weighted by Crippen LogP contribution is 2.48. The molecule has 0 aliphatic heterocycles. The van der Waals surface area contributed by atoms with Crippen LogP contribution in [-0.2, 0) is 0 Å². The molecule has 0 spiro atoms. The first-order chi connectivity index (χ1) is 34.6. The lowest BCUT2D eigenvalue weighted by molar-refractivity contribution is 1.07. The van der Waals surface area contributed by atoms with Crippen molar-refractivity contribution in [1.29, 1.82) is 5.26 Å².